The summed E-state index contributed by atoms with van der Waals surface area (Å²) < 4.78 is 4.70. The van der Waals surface area contributed by atoms with Crippen LogP contribution in [0.2, 0.25) is 0 Å². The molecule has 122 valence electrons. The predicted molar refractivity (Wildman–Crippen MR) is 75.0 cm³/mol. The standard InChI is InChI=1S/C16H16O7/c1-5-8-4-10-12(16(22)23-15(10)21)6(2)7(8)3-9(13(17)18)11(5)14(19)20/h9-12H,3-4H2,1-2H3,(H,17,18)(H,19,20). The lowest BCUT2D eigenvalue weighted by Gasteiger charge is -2.37. The maximum atomic E-state index is 11.9. The van der Waals surface area contributed by atoms with Crippen molar-refractivity contribution in [3.63, 3.8) is 0 Å². The highest BCUT2D eigenvalue weighted by molar-refractivity contribution is 5.99. The molecule has 0 amide bonds. The Morgan fingerprint density at radius 2 is 1.57 bits per heavy atom. The number of aliphatic carboxylic acids is 2. The molecule has 1 saturated heterocycles. The SMILES string of the molecule is CC1=C2CC3C(=O)OC(=O)C3C(C)=C2CC(C(=O)O)C1C(=O)O. The average Bonchev–Trinajstić information content (AvgIpc) is 2.74. The van der Waals surface area contributed by atoms with Crippen molar-refractivity contribution in [2.24, 2.45) is 23.7 Å². The summed E-state index contributed by atoms with van der Waals surface area (Å²) in [5, 5.41) is 18.8. The lowest BCUT2D eigenvalue weighted by molar-refractivity contribution is -0.153. The summed E-state index contributed by atoms with van der Waals surface area (Å²) in [4.78, 5) is 46.7. The molecule has 0 bridgehead atoms. The molecule has 0 spiro atoms. The molecule has 7 nitrogen and oxygen atoms in total. The first-order valence-corrected chi connectivity index (χ1v) is 7.34. The highest BCUT2D eigenvalue weighted by atomic mass is 16.6. The van der Waals surface area contributed by atoms with Gasteiger partial charge in [0.1, 0.15) is 0 Å². The summed E-state index contributed by atoms with van der Waals surface area (Å²) in [7, 11) is 0. The number of hydrogen-bond acceptors (Lipinski definition) is 5. The molecule has 4 unspecified atom stereocenters. The van der Waals surface area contributed by atoms with E-state index >= 15 is 0 Å². The molecular weight excluding hydrogens is 304 g/mol. The van der Waals surface area contributed by atoms with Crippen LogP contribution in [0.1, 0.15) is 26.7 Å². The quantitative estimate of drug-likeness (QED) is 0.578. The molecule has 1 fully saturated rings. The Morgan fingerprint density at radius 1 is 0.957 bits per heavy atom. The summed E-state index contributed by atoms with van der Waals surface area (Å²) in [5.74, 6) is -7.07. The van der Waals surface area contributed by atoms with Crippen molar-refractivity contribution < 1.29 is 34.1 Å². The first-order chi connectivity index (χ1) is 10.7. The fourth-order valence-corrected chi connectivity index (χ4v) is 4.08. The van der Waals surface area contributed by atoms with E-state index in [1.54, 1.807) is 13.8 Å². The van der Waals surface area contributed by atoms with E-state index in [9.17, 15) is 29.4 Å². The van der Waals surface area contributed by atoms with Gasteiger partial charge in [-0.2, -0.15) is 0 Å². The van der Waals surface area contributed by atoms with Crippen LogP contribution in [0.25, 0.3) is 0 Å². The highest BCUT2D eigenvalue weighted by Gasteiger charge is 2.52. The minimum atomic E-state index is -1.19. The molecule has 0 saturated carbocycles. The molecule has 2 N–H and O–H groups in total. The number of carbonyl (C=O) groups is 4. The zero-order valence-corrected chi connectivity index (χ0v) is 12.7. The Labute approximate surface area is 131 Å². The van der Waals surface area contributed by atoms with Crippen LogP contribution < -0.4 is 0 Å². The fourth-order valence-electron chi connectivity index (χ4n) is 4.08. The van der Waals surface area contributed by atoms with E-state index in [-0.39, 0.29) is 12.8 Å². The first-order valence-electron chi connectivity index (χ1n) is 7.34. The lowest BCUT2D eigenvalue weighted by atomic mass is 9.64. The van der Waals surface area contributed by atoms with E-state index in [0.29, 0.717) is 22.3 Å². The van der Waals surface area contributed by atoms with Gasteiger partial charge in [-0.1, -0.05) is 11.1 Å². The van der Waals surface area contributed by atoms with Gasteiger partial charge in [0.2, 0.25) is 0 Å². The van der Waals surface area contributed by atoms with Crippen molar-refractivity contribution in [1.82, 2.24) is 0 Å². The summed E-state index contributed by atoms with van der Waals surface area (Å²) in [6, 6.07) is 0. The predicted octanol–water partition coefficient (Wildman–Crippen LogP) is 1.14. The minimum Gasteiger partial charge on any atom is -0.481 e. The second-order valence-electron chi connectivity index (χ2n) is 6.32. The molecule has 0 aromatic heterocycles. The van der Waals surface area contributed by atoms with E-state index in [1.165, 1.54) is 0 Å². The number of hydrogen-bond donors (Lipinski definition) is 2. The molecule has 7 heteroatoms. The molecule has 23 heavy (non-hydrogen) atoms. The third-order valence-electron chi connectivity index (χ3n) is 5.24. The van der Waals surface area contributed by atoms with Gasteiger partial charge in [-0.05, 0) is 37.8 Å². The molecule has 0 radical (unpaired) electrons. The molecular formula is C16H16O7. The van der Waals surface area contributed by atoms with E-state index in [1.807, 2.05) is 0 Å². The third-order valence-corrected chi connectivity index (χ3v) is 5.24. The largest absolute Gasteiger partial charge is 0.481 e. The number of carbonyl (C=O) groups excluding carboxylic acids is 2. The van der Waals surface area contributed by atoms with Gasteiger partial charge < -0.3 is 14.9 Å². The van der Waals surface area contributed by atoms with Gasteiger partial charge in [-0.3, -0.25) is 19.2 Å². The van der Waals surface area contributed by atoms with Crippen molar-refractivity contribution in [2.75, 3.05) is 0 Å². The van der Waals surface area contributed by atoms with Crippen molar-refractivity contribution in [3.8, 4) is 0 Å². The molecule has 1 heterocycles. The van der Waals surface area contributed by atoms with Crippen molar-refractivity contribution in [1.29, 1.82) is 0 Å². The van der Waals surface area contributed by atoms with E-state index in [0.717, 1.165) is 0 Å². The Morgan fingerprint density at radius 3 is 2.13 bits per heavy atom. The maximum absolute atomic E-state index is 11.9. The summed E-state index contributed by atoms with van der Waals surface area (Å²) in [5.41, 5.74) is 2.47. The van der Waals surface area contributed by atoms with Gasteiger partial charge in [-0.25, -0.2) is 0 Å². The second kappa shape index (κ2) is 5.04. The average molecular weight is 320 g/mol. The molecule has 1 aliphatic heterocycles. The maximum Gasteiger partial charge on any atom is 0.321 e. The molecule has 0 aromatic carbocycles. The van der Waals surface area contributed by atoms with E-state index in [4.69, 9.17) is 4.74 Å². The Balaban J connectivity index is 2.17. The van der Waals surface area contributed by atoms with Gasteiger partial charge in [-0.15, -0.1) is 0 Å². The monoisotopic (exact) mass is 320 g/mol. The van der Waals surface area contributed by atoms with Crippen LogP contribution in [-0.2, 0) is 23.9 Å². The highest BCUT2D eigenvalue weighted by Crippen LogP contribution is 2.50. The number of carboxylic acids is 2. The topological polar surface area (TPSA) is 118 Å². The number of allylic oxidation sites excluding steroid dienone is 2. The smallest absolute Gasteiger partial charge is 0.321 e. The zero-order valence-electron chi connectivity index (χ0n) is 12.7. The molecule has 2 aliphatic carbocycles. The Bertz CT molecular complexity index is 712. The number of ether oxygens (including phenoxy) is 1. The van der Waals surface area contributed by atoms with Gasteiger partial charge in [0, 0.05) is 0 Å². The lowest BCUT2D eigenvalue weighted by Crippen LogP contribution is -2.38. The second-order valence-corrected chi connectivity index (χ2v) is 6.32. The van der Waals surface area contributed by atoms with Gasteiger partial charge in [0.05, 0.1) is 23.7 Å². The normalized spacial score (nSPS) is 33.3. The third kappa shape index (κ3) is 2.10. The van der Waals surface area contributed by atoms with Crippen molar-refractivity contribution >= 4 is 23.9 Å². The number of rotatable bonds is 2. The number of esters is 2. The molecule has 3 rings (SSSR count). The van der Waals surface area contributed by atoms with Crippen LogP contribution >= 0.6 is 0 Å². The Kier molecular flexibility index (Phi) is 3.39. The van der Waals surface area contributed by atoms with Crippen LogP contribution in [0.5, 0.6) is 0 Å². The fraction of sp³-hybridized carbons (Fsp3) is 0.500. The number of fused-ring (bicyclic) bond motifs is 2. The van der Waals surface area contributed by atoms with E-state index in [2.05, 4.69) is 0 Å². The molecule has 3 aliphatic rings. The molecule has 0 aromatic rings. The van der Waals surface area contributed by atoms with Gasteiger partial charge >= 0.3 is 23.9 Å². The minimum absolute atomic E-state index is 0.0511. The van der Waals surface area contributed by atoms with Crippen LogP contribution in [0.15, 0.2) is 22.3 Å². The van der Waals surface area contributed by atoms with Crippen molar-refractivity contribution in [2.45, 2.75) is 26.7 Å². The van der Waals surface area contributed by atoms with Gasteiger partial charge in [0.15, 0.2) is 0 Å². The molecule has 4 atom stereocenters. The Hall–Kier alpha value is -2.44. The van der Waals surface area contributed by atoms with Crippen molar-refractivity contribution in [3.05, 3.63) is 22.3 Å². The van der Waals surface area contributed by atoms with Crippen LogP contribution in [0.4, 0.5) is 0 Å². The van der Waals surface area contributed by atoms with Crippen LogP contribution in [0, 0.1) is 23.7 Å². The van der Waals surface area contributed by atoms with Gasteiger partial charge in [0.25, 0.3) is 0 Å². The summed E-state index contributed by atoms with van der Waals surface area (Å²) in [6.07, 6.45) is 0.277. The first kappa shape index (κ1) is 15.5. The van der Waals surface area contributed by atoms with Crippen LogP contribution in [-0.4, -0.2) is 34.1 Å². The summed E-state index contributed by atoms with van der Waals surface area (Å²) >= 11 is 0. The van der Waals surface area contributed by atoms with E-state index < -0.39 is 47.5 Å². The van der Waals surface area contributed by atoms with Crippen LogP contribution in [0.3, 0.4) is 0 Å². The number of cyclic esters (lactones) is 2. The zero-order chi connectivity index (χ0) is 17.0. The number of carboxylic acid groups (broad SMARTS) is 2. The summed E-state index contributed by atoms with van der Waals surface area (Å²) in [6.45, 7) is 3.29.